The molecule has 4 aromatic heterocycles. The number of hydrogen-bond donors (Lipinski definition) is 0. The molecule has 0 aliphatic carbocycles. The van der Waals surface area contributed by atoms with E-state index in [0.717, 1.165) is 60.8 Å². The number of benzene rings is 7. The zero-order valence-corrected chi connectivity index (χ0v) is 29.4. The Kier molecular flexibility index (Phi) is 6.59. The highest BCUT2D eigenvalue weighted by Crippen LogP contribution is 2.45. The van der Waals surface area contributed by atoms with E-state index < -0.39 is 0 Å². The molecule has 7 aromatic carbocycles. The first-order chi connectivity index (χ1) is 25.8. The fourth-order valence-corrected chi connectivity index (χ4v) is 9.99. The van der Waals surface area contributed by atoms with E-state index in [9.17, 15) is 0 Å². The van der Waals surface area contributed by atoms with Crippen LogP contribution >= 0.6 is 22.7 Å². The van der Waals surface area contributed by atoms with Crippen molar-refractivity contribution >= 4 is 84.8 Å². The Bertz CT molecular complexity index is 3180. The highest BCUT2D eigenvalue weighted by Gasteiger charge is 2.19. The van der Waals surface area contributed by atoms with Crippen molar-refractivity contribution in [3.8, 4) is 45.0 Å². The third kappa shape index (κ3) is 4.60. The Balaban J connectivity index is 1.05. The number of thiophene rings is 2. The van der Waals surface area contributed by atoms with Crippen molar-refractivity contribution in [2.75, 3.05) is 0 Å². The highest BCUT2D eigenvalue weighted by molar-refractivity contribution is 7.26. The normalized spacial score (nSPS) is 11.8. The zero-order chi connectivity index (χ0) is 34.2. The molecule has 0 bridgehead atoms. The molecular weight excluding hydrogens is 671 g/mol. The van der Waals surface area contributed by atoms with Gasteiger partial charge >= 0.3 is 0 Å². The highest BCUT2D eigenvalue weighted by atomic mass is 32.1. The molecule has 0 unspecified atom stereocenters. The largest absolute Gasteiger partial charge is 0.246 e. The van der Waals surface area contributed by atoms with Gasteiger partial charge in [-0.3, -0.25) is 0 Å². The van der Waals surface area contributed by atoms with Gasteiger partial charge in [-0.05, 0) is 46.2 Å². The van der Waals surface area contributed by atoms with Crippen LogP contribution < -0.4 is 0 Å². The maximum Gasteiger partial charge on any atom is 0.160 e. The molecule has 0 spiro atoms. The van der Waals surface area contributed by atoms with Crippen LogP contribution in [0.1, 0.15) is 0 Å². The van der Waals surface area contributed by atoms with Crippen molar-refractivity contribution in [3.05, 3.63) is 164 Å². The van der Waals surface area contributed by atoms with Crippen molar-refractivity contribution in [2.24, 2.45) is 0 Å². The maximum atomic E-state index is 5.39. The molecule has 3 nitrogen and oxygen atoms in total. The summed E-state index contributed by atoms with van der Waals surface area (Å²) in [5, 5.41) is 7.45. The molecule has 52 heavy (non-hydrogen) atoms. The van der Waals surface area contributed by atoms with E-state index in [2.05, 4.69) is 146 Å². The van der Waals surface area contributed by atoms with Crippen molar-refractivity contribution in [2.45, 2.75) is 0 Å². The molecule has 0 radical (unpaired) electrons. The first-order valence-corrected chi connectivity index (χ1v) is 19.0. The molecule has 0 fully saturated rings. The standard InChI is InChI=1S/C47H27N3S2/c1-2-12-31(13-3-1)47-49-42(46-44(50-47)36-18-7-9-20-39(36)52-46)30-23-21-28(22-24-30)32-14-10-15-33(27-32)43-45-41(35-17-6-8-19-38(35)51-45)40-34-16-5-4-11-29(34)25-26-37(40)48-43/h1-27H. The van der Waals surface area contributed by atoms with Crippen LogP contribution in [0.15, 0.2) is 164 Å². The van der Waals surface area contributed by atoms with Gasteiger partial charge in [0.15, 0.2) is 5.82 Å². The van der Waals surface area contributed by atoms with Gasteiger partial charge in [-0.15, -0.1) is 22.7 Å². The number of pyridine rings is 1. The molecule has 11 aromatic rings. The van der Waals surface area contributed by atoms with Gasteiger partial charge in [0.25, 0.3) is 0 Å². The minimum absolute atomic E-state index is 0.742. The lowest BCUT2D eigenvalue weighted by molar-refractivity contribution is 1.24. The Morgan fingerprint density at radius 2 is 1.00 bits per heavy atom. The first-order valence-electron chi connectivity index (χ1n) is 17.4. The van der Waals surface area contributed by atoms with E-state index in [1.165, 1.54) is 46.4 Å². The monoisotopic (exact) mass is 697 g/mol. The summed E-state index contributed by atoms with van der Waals surface area (Å²) in [6.45, 7) is 0. The number of nitrogens with zero attached hydrogens (tertiary/aromatic N) is 3. The summed E-state index contributed by atoms with van der Waals surface area (Å²) in [7, 11) is 0. The van der Waals surface area contributed by atoms with Crippen molar-refractivity contribution in [1.82, 2.24) is 15.0 Å². The molecule has 5 heteroatoms. The minimum Gasteiger partial charge on any atom is -0.246 e. The first kappa shape index (κ1) is 29.5. The van der Waals surface area contributed by atoms with Crippen LogP contribution in [0.2, 0.25) is 0 Å². The van der Waals surface area contributed by atoms with Crippen LogP contribution in [-0.2, 0) is 0 Å². The third-order valence-electron chi connectivity index (χ3n) is 10.1. The summed E-state index contributed by atoms with van der Waals surface area (Å²) < 4.78 is 4.83. The number of rotatable bonds is 4. The Morgan fingerprint density at radius 1 is 0.365 bits per heavy atom. The lowest BCUT2D eigenvalue weighted by Gasteiger charge is -2.11. The quantitative estimate of drug-likeness (QED) is 0.172. The van der Waals surface area contributed by atoms with Crippen LogP contribution in [0.3, 0.4) is 0 Å². The lowest BCUT2D eigenvalue weighted by Crippen LogP contribution is -1.93. The van der Waals surface area contributed by atoms with Crippen LogP contribution in [0.4, 0.5) is 0 Å². The van der Waals surface area contributed by atoms with Crippen LogP contribution in [-0.4, -0.2) is 15.0 Å². The number of aromatic nitrogens is 3. The molecule has 242 valence electrons. The molecule has 0 amide bonds. The molecule has 0 saturated carbocycles. The Hall–Kier alpha value is -6.27. The average molecular weight is 698 g/mol. The molecule has 0 aliphatic heterocycles. The van der Waals surface area contributed by atoms with Crippen molar-refractivity contribution in [1.29, 1.82) is 0 Å². The SMILES string of the molecule is c1ccc(-c2nc(-c3ccc(-c4cccc(-c5nc6ccc7ccccc7c6c6c5sc5ccccc56)c4)cc3)c3sc4ccccc4c3n2)cc1. The second-order valence-corrected chi connectivity index (χ2v) is 15.2. The third-order valence-corrected chi connectivity index (χ3v) is 12.4. The second kappa shape index (κ2) is 11.6. The molecule has 11 rings (SSSR count). The van der Waals surface area contributed by atoms with Gasteiger partial charge in [-0.1, -0.05) is 140 Å². The average Bonchev–Trinajstić information content (AvgIpc) is 3.80. The number of hydrogen-bond acceptors (Lipinski definition) is 5. The molecule has 0 aliphatic rings. The van der Waals surface area contributed by atoms with E-state index in [1.54, 1.807) is 11.3 Å². The fraction of sp³-hybridized carbons (Fsp3) is 0. The predicted molar refractivity (Wildman–Crippen MR) is 222 cm³/mol. The van der Waals surface area contributed by atoms with Gasteiger partial charge in [0.1, 0.15) is 0 Å². The van der Waals surface area contributed by atoms with E-state index in [1.807, 2.05) is 29.5 Å². The smallest absolute Gasteiger partial charge is 0.160 e. The number of fused-ring (bicyclic) bond motifs is 10. The molecule has 0 atom stereocenters. The molecular formula is C47H27N3S2. The Morgan fingerprint density at radius 3 is 1.85 bits per heavy atom. The van der Waals surface area contributed by atoms with Gasteiger partial charge < -0.3 is 0 Å². The summed E-state index contributed by atoms with van der Waals surface area (Å²) in [4.78, 5) is 15.6. The van der Waals surface area contributed by atoms with Gasteiger partial charge in [-0.25, -0.2) is 15.0 Å². The van der Waals surface area contributed by atoms with Gasteiger partial charge in [0, 0.05) is 47.6 Å². The van der Waals surface area contributed by atoms with Crippen molar-refractivity contribution in [3.63, 3.8) is 0 Å². The van der Waals surface area contributed by atoms with Crippen molar-refractivity contribution < 1.29 is 0 Å². The second-order valence-electron chi connectivity index (χ2n) is 13.1. The van der Waals surface area contributed by atoms with E-state index >= 15 is 0 Å². The van der Waals surface area contributed by atoms with Gasteiger partial charge in [0.05, 0.1) is 31.8 Å². The summed E-state index contributed by atoms with van der Waals surface area (Å²) >= 11 is 3.60. The van der Waals surface area contributed by atoms with Crippen LogP contribution in [0, 0.1) is 0 Å². The maximum absolute atomic E-state index is 5.39. The lowest BCUT2D eigenvalue weighted by atomic mass is 9.97. The summed E-state index contributed by atoms with van der Waals surface area (Å²) in [6.07, 6.45) is 0. The topological polar surface area (TPSA) is 38.7 Å². The van der Waals surface area contributed by atoms with Crippen LogP contribution in [0.25, 0.3) is 107 Å². The predicted octanol–water partition coefficient (Wildman–Crippen LogP) is 13.6. The fourth-order valence-electron chi connectivity index (χ4n) is 7.61. The van der Waals surface area contributed by atoms with Crippen LogP contribution in [0.5, 0.6) is 0 Å². The molecule has 0 saturated heterocycles. The Labute approximate surface area is 307 Å². The van der Waals surface area contributed by atoms with Gasteiger partial charge in [0.2, 0.25) is 0 Å². The summed E-state index contributed by atoms with van der Waals surface area (Å²) in [5.41, 5.74) is 9.52. The van der Waals surface area contributed by atoms with E-state index in [4.69, 9.17) is 15.0 Å². The van der Waals surface area contributed by atoms with E-state index in [-0.39, 0.29) is 0 Å². The summed E-state index contributed by atoms with van der Waals surface area (Å²) in [5.74, 6) is 0.742. The molecule has 0 N–H and O–H groups in total. The van der Waals surface area contributed by atoms with Gasteiger partial charge in [-0.2, -0.15) is 0 Å². The zero-order valence-electron chi connectivity index (χ0n) is 27.7. The van der Waals surface area contributed by atoms with E-state index in [0.29, 0.717) is 0 Å². The summed E-state index contributed by atoms with van der Waals surface area (Å²) in [6, 6.07) is 58.2. The minimum atomic E-state index is 0.742. The molecule has 4 heterocycles.